The minimum atomic E-state index is 0.108. The smallest absolute Gasteiger partial charge is 0.222 e. The fourth-order valence-corrected chi connectivity index (χ4v) is 1.62. The number of unbranched alkanes of at least 4 members (excludes halogenated alkanes) is 2. The summed E-state index contributed by atoms with van der Waals surface area (Å²) in [5.74, 6) is 0.187. The Kier molecular flexibility index (Phi) is 7.30. The molecule has 0 spiro atoms. The van der Waals surface area contributed by atoms with E-state index in [1.54, 1.807) is 4.90 Å². The molecular weight excluding hydrogens is 208 g/mol. The lowest BCUT2D eigenvalue weighted by atomic mass is 10.1. The van der Waals surface area contributed by atoms with E-state index in [2.05, 4.69) is 6.92 Å². The van der Waals surface area contributed by atoms with Crippen molar-refractivity contribution in [3.63, 3.8) is 0 Å². The van der Waals surface area contributed by atoms with Gasteiger partial charge in [0, 0.05) is 25.9 Å². The maximum Gasteiger partial charge on any atom is 0.222 e. The van der Waals surface area contributed by atoms with Crippen LogP contribution in [0, 0.1) is 0 Å². The van der Waals surface area contributed by atoms with Crippen molar-refractivity contribution < 1.29 is 4.79 Å². The highest BCUT2D eigenvalue weighted by atomic mass is 32.1. The van der Waals surface area contributed by atoms with Gasteiger partial charge in [-0.1, -0.05) is 32.0 Å². The lowest BCUT2D eigenvalue weighted by Gasteiger charge is -2.24. The van der Waals surface area contributed by atoms with E-state index in [1.807, 2.05) is 14.0 Å². The zero-order valence-corrected chi connectivity index (χ0v) is 10.8. The molecule has 1 unspecified atom stereocenters. The lowest BCUT2D eigenvalue weighted by molar-refractivity contribution is -0.131. The fraction of sp³-hybridized carbons (Fsp3) is 0.818. The molecule has 0 radical (unpaired) electrons. The number of hydrogen-bond acceptors (Lipinski definition) is 2. The van der Waals surface area contributed by atoms with Crippen LogP contribution < -0.4 is 5.73 Å². The fourth-order valence-electron chi connectivity index (χ4n) is 1.38. The molecule has 0 aliphatic rings. The third-order valence-corrected chi connectivity index (χ3v) is 2.71. The molecule has 0 aliphatic heterocycles. The van der Waals surface area contributed by atoms with Crippen molar-refractivity contribution in [1.29, 1.82) is 0 Å². The Morgan fingerprint density at radius 2 is 2.07 bits per heavy atom. The van der Waals surface area contributed by atoms with Crippen LogP contribution in [0.25, 0.3) is 0 Å². The molecule has 0 aromatic rings. The second kappa shape index (κ2) is 7.63. The first kappa shape index (κ1) is 14.4. The van der Waals surface area contributed by atoms with Crippen molar-refractivity contribution in [2.24, 2.45) is 5.73 Å². The van der Waals surface area contributed by atoms with E-state index >= 15 is 0 Å². The molecule has 0 saturated heterocycles. The number of amides is 1. The van der Waals surface area contributed by atoms with E-state index in [4.69, 9.17) is 18.0 Å². The Labute approximate surface area is 98.0 Å². The number of rotatable bonds is 7. The molecule has 0 heterocycles. The molecular formula is C11H22N2OS. The van der Waals surface area contributed by atoms with Crippen LogP contribution in [0.1, 0.15) is 46.0 Å². The van der Waals surface area contributed by atoms with Gasteiger partial charge >= 0.3 is 0 Å². The molecule has 1 amide bonds. The largest absolute Gasteiger partial charge is 0.393 e. The number of thiocarbonyl (C=S) groups is 1. The number of carbonyl (C=O) groups is 1. The minimum Gasteiger partial charge on any atom is -0.393 e. The molecule has 88 valence electrons. The van der Waals surface area contributed by atoms with Crippen LogP contribution in [0.4, 0.5) is 0 Å². The SMILES string of the molecule is CCCCCC(=O)N(C)C(C)CC(N)=S. The van der Waals surface area contributed by atoms with E-state index in [1.165, 1.54) is 0 Å². The highest BCUT2D eigenvalue weighted by Gasteiger charge is 2.15. The van der Waals surface area contributed by atoms with Crippen molar-refractivity contribution in [3.8, 4) is 0 Å². The van der Waals surface area contributed by atoms with Crippen molar-refractivity contribution in [1.82, 2.24) is 4.90 Å². The summed E-state index contributed by atoms with van der Waals surface area (Å²) in [4.78, 5) is 13.9. The molecule has 1 atom stereocenters. The van der Waals surface area contributed by atoms with Gasteiger partial charge in [-0.2, -0.15) is 0 Å². The molecule has 0 bridgehead atoms. The molecule has 0 aromatic heterocycles. The van der Waals surface area contributed by atoms with E-state index in [0.717, 1.165) is 19.3 Å². The van der Waals surface area contributed by atoms with Gasteiger partial charge < -0.3 is 10.6 Å². The third-order valence-electron chi connectivity index (χ3n) is 2.55. The Bertz CT molecular complexity index is 219. The molecule has 2 N–H and O–H groups in total. The summed E-state index contributed by atoms with van der Waals surface area (Å²) in [6.07, 6.45) is 4.46. The first-order valence-corrected chi connectivity index (χ1v) is 5.93. The van der Waals surface area contributed by atoms with Crippen molar-refractivity contribution >= 4 is 23.1 Å². The molecule has 0 saturated carbocycles. The molecule has 0 rings (SSSR count). The summed E-state index contributed by atoms with van der Waals surface area (Å²) >= 11 is 4.82. The van der Waals surface area contributed by atoms with Gasteiger partial charge in [0.2, 0.25) is 5.91 Å². The van der Waals surface area contributed by atoms with Crippen LogP contribution >= 0.6 is 12.2 Å². The minimum absolute atomic E-state index is 0.108. The summed E-state index contributed by atoms with van der Waals surface area (Å²) in [6, 6.07) is 0.108. The second-order valence-corrected chi connectivity index (χ2v) is 4.51. The average molecular weight is 230 g/mol. The summed E-state index contributed by atoms with van der Waals surface area (Å²) < 4.78 is 0. The zero-order valence-electron chi connectivity index (χ0n) is 9.95. The molecule has 4 heteroatoms. The number of carbonyl (C=O) groups excluding carboxylic acids is 1. The monoisotopic (exact) mass is 230 g/mol. The van der Waals surface area contributed by atoms with E-state index < -0.39 is 0 Å². The lowest BCUT2D eigenvalue weighted by Crippen LogP contribution is -2.37. The molecule has 0 fully saturated rings. The van der Waals surface area contributed by atoms with Crippen molar-refractivity contribution in [3.05, 3.63) is 0 Å². The summed E-state index contributed by atoms with van der Waals surface area (Å²) in [5.41, 5.74) is 5.45. The predicted octanol–water partition coefficient (Wildman–Crippen LogP) is 2.09. The summed E-state index contributed by atoms with van der Waals surface area (Å²) in [6.45, 7) is 4.10. The van der Waals surface area contributed by atoms with E-state index in [0.29, 0.717) is 17.8 Å². The highest BCUT2D eigenvalue weighted by molar-refractivity contribution is 7.80. The predicted molar refractivity (Wildman–Crippen MR) is 67.8 cm³/mol. The van der Waals surface area contributed by atoms with Gasteiger partial charge in [0.25, 0.3) is 0 Å². The Balaban J connectivity index is 3.90. The topological polar surface area (TPSA) is 46.3 Å². The normalized spacial score (nSPS) is 12.2. The number of nitrogens with two attached hydrogens (primary N) is 1. The van der Waals surface area contributed by atoms with Gasteiger partial charge in [0.15, 0.2) is 0 Å². The first-order valence-electron chi connectivity index (χ1n) is 5.53. The highest BCUT2D eigenvalue weighted by Crippen LogP contribution is 2.07. The first-order chi connectivity index (χ1) is 6.99. The van der Waals surface area contributed by atoms with Crippen LogP contribution in [-0.4, -0.2) is 28.9 Å². The Hall–Kier alpha value is -0.640. The quantitative estimate of drug-likeness (QED) is 0.538. The van der Waals surface area contributed by atoms with Gasteiger partial charge in [-0.3, -0.25) is 4.79 Å². The molecule has 15 heavy (non-hydrogen) atoms. The third kappa shape index (κ3) is 6.44. The zero-order chi connectivity index (χ0) is 11.8. The maximum absolute atomic E-state index is 11.7. The van der Waals surface area contributed by atoms with E-state index in [9.17, 15) is 4.79 Å². The van der Waals surface area contributed by atoms with Crippen molar-refractivity contribution in [2.75, 3.05) is 7.05 Å². The van der Waals surface area contributed by atoms with Crippen LogP contribution in [-0.2, 0) is 4.79 Å². The Morgan fingerprint density at radius 1 is 1.47 bits per heavy atom. The van der Waals surface area contributed by atoms with Gasteiger partial charge in [-0.25, -0.2) is 0 Å². The summed E-state index contributed by atoms with van der Waals surface area (Å²) in [7, 11) is 1.82. The van der Waals surface area contributed by atoms with Gasteiger partial charge in [-0.15, -0.1) is 0 Å². The van der Waals surface area contributed by atoms with Gasteiger partial charge in [0.05, 0.1) is 4.99 Å². The van der Waals surface area contributed by atoms with Gasteiger partial charge in [0.1, 0.15) is 0 Å². The van der Waals surface area contributed by atoms with Crippen LogP contribution in [0.3, 0.4) is 0 Å². The standard InChI is InChI=1S/C11H22N2OS/c1-4-5-6-7-11(14)13(3)9(2)8-10(12)15/h9H,4-8H2,1-3H3,(H2,12,15). The number of nitrogens with zero attached hydrogens (tertiary/aromatic N) is 1. The second-order valence-electron chi connectivity index (χ2n) is 3.98. The maximum atomic E-state index is 11.7. The summed E-state index contributed by atoms with van der Waals surface area (Å²) in [5, 5.41) is 0. The van der Waals surface area contributed by atoms with E-state index in [-0.39, 0.29) is 11.9 Å². The van der Waals surface area contributed by atoms with Crippen LogP contribution in [0.2, 0.25) is 0 Å². The van der Waals surface area contributed by atoms with Crippen LogP contribution in [0.5, 0.6) is 0 Å². The molecule has 0 aromatic carbocycles. The number of hydrogen-bond donors (Lipinski definition) is 1. The average Bonchev–Trinajstić information content (AvgIpc) is 2.15. The Morgan fingerprint density at radius 3 is 2.53 bits per heavy atom. The molecule has 0 aliphatic carbocycles. The van der Waals surface area contributed by atoms with Crippen molar-refractivity contribution in [2.45, 2.75) is 52.0 Å². The van der Waals surface area contributed by atoms with Gasteiger partial charge in [-0.05, 0) is 13.3 Å². The van der Waals surface area contributed by atoms with Crippen LogP contribution in [0.15, 0.2) is 0 Å². The molecule has 3 nitrogen and oxygen atoms in total.